The van der Waals surface area contributed by atoms with Gasteiger partial charge in [0, 0.05) is 5.56 Å². The average Bonchev–Trinajstić information content (AvgIpc) is 2.22. The summed E-state index contributed by atoms with van der Waals surface area (Å²) in [6, 6.07) is 3.54. The molecule has 16 heavy (non-hydrogen) atoms. The smallest absolute Gasteiger partial charge is 0.248 e. The summed E-state index contributed by atoms with van der Waals surface area (Å²) in [6.45, 7) is 7.96. The van der Waals surface area contributed by atoms with Crippen LogP contribution in [0, 0.1) is 13.8 Å². The van der Waals surface area contributed by atoms with Crippen LogP contribution in [-0.2, 0) is 0 Å². The summed E-state index contributed by atoms with van der Waals surface area (Å²) in [6.07, 6.45) is 1.13. The van der Waals surface area contributed by atoms with Crippen molar-refractivity contribution in [1.82, 2.24) is 0 Å². The Labute approximate surface area is 96.6 Å². The minimum atomic E-state index is -0.402. The summed E-state index contributed by atoms with van der Waals surface area (Å²) in [5.74, 6) is 0.459. The zero-order chi connectivity index (χ0) is 12.3. The zero-order valence-corrected chi connectivity index (χ0v) is 10.3. The number of primary amides is 1. The monoisotopic (exact) mass is 221 g/mol. The zero-order valence-electron chi connectivity index (χ0n) is 10.3. The Morgan fingerprint density at radius 1 is 1.38 bits per heavy atom. The van der Waals surface area contributed by atoms with Crippen LogP contribution in [0.1, 0.15) is 41.8 Å². The Morgan fingerprint density at radius 2 is 1.88 bits per heavy atom. The molecular formula is C13H19NO2. The molecule has 0 saturated carbocycles. The maximum atomic E-state index is 11.1. The van der Waals surface area contributed by atoms with E-state index in [1.54, 1.807) is 12.1 Å². The first-order valence-corrected chi connectivity index (χ1v) is 5.53. The fraction of sp³-hybridized carbons (Fsp3) is 0.462. The molecule has 3 nitrogen and oxygen atoms in total. The van der Waals surface area contributed by atoms with Gasteiger partial charge in [0.25, 0.3) is 0 Å². The van der Waals surface area contributed by atoms with Crippen LogP contribution in [-0.4, -0.2) is 12.0 Å². The van der Waals surface area contributed by atoms with E-state index < -0.39 is 5.91 Å². The standard InChI is InChI=1S/C13H19NO2/c1-5-10(4)16-12-8(2)6-11(13(14)15)7-9(12)3/h6-7,10H,5H2,1-4H3,(H2,14,15)/t10-/m0/s1. The van der Waals surface area contributed by atoms with Gasteiger partial charge in [0.1, 0.15) is 5.75 Å². The van der Waals surface area contributed by atoms with E-state index in [9.17, 15) is 4.79 Å². The highest BCUT2D eigenvalue weighted by atomic mass is 16.5. The summed E-state index contributed by atoms with van der Waals surface area (Å²) in [5, 5.41) is 0. The predicted molar refractivity (Wildman–Crippen MR) is 64.8 cm³/mol. The lowest BCUT2D eigenvalue weighted by molar-refractivity contribution is 0.1000. The van der Waals surface area contributed by atoms with Crippen LogP contribution in [0.25, 0.3) is 0 Å². The third-order valence-corrected chi connectivity index (χ3v) is 2.64. The highest BCUT2D eigenvalue weighted by Gasteiger charge is 2.11. The molecule has 1 aromatic rings. The molecule has 0 unspecified atom stereocenters. The molecule has 0 heterocycles. The van der Waals surface area contributed by atoms with Crippen LogP contribution in [0.15, 0.2) is 12.1 Å². The van der Waals surface area contributed by atoms with Gasteiger partial charge in [-0.25, -0.2) is 0 Å². The Morgan fingerprint density at radius 3 is 2.25 bits per heavy atom. The minimum Gasteiger partial charge on any atom is -0.490 e. The number of amides is 1. The molecule has 0 aliphatic carbocycles. The molecule has 0 fully saturated rings. The first-order valence-electron chi connectivity index (χ1n) is 5.53. The van der Waals surface area contributed by atoms with Gasteiger partial charge in [-0.3, -0.25) is 4.79 Å². The third kappa shape index (κ3) is 2.75. The second-order valence-corrected chi connectivity index (χ2v) is 4.14. The summed E-state index contributed by atoms with van der Waals surface area (Å²) >= 11 is 0. The lowest BCUT2D eigenvalue weighted by atomic mass is 10.1. The molecule has 0 spiro atoms. The lowest BCUT2D eigenvalue weighted by Crippen LogP contribution is -2.14. The first-order chi connectivity index (χ1) is 7.45. The van der Waals surface area contributed by atoms with Crippen LogP contribution in [0.5, 0.6) is 5.75 Å². The average molecular weight is 221 g/mol. The van der Waals surface area contributed by atoms with Crippen molar-refractivity contribution < 1.29 is 9.53 Å². The highest BCUT2D eigenvalue weighted by molar-refractivity contribution is 5.93. The van der Waals surface area contributed by atoms with E-state index >= 15 is 0 Å². The number of carbonyl (C=O) groups excluding carboxylic acids is 1. The van der Waals surface area contributed by atoms with Crippen molar-refractivity contribution in [1.29, 1.82) is 0 Å². The Bertz CT molecular complexity index is 376. The highest BCUT2D eigenvalue weighted by Crippen LogP contribution is 2.26. The van der Waals surface area contributed by atoms with Gasteiger partial charge in [0.2, 0.25) is 5.91 Å². The third-order valence-electron chi connectivity index (χ3n) is 2.64. The fourth-order valence-corrected chi connectivity index (χ4v) is 1.56. The second kappa shape index (κ2) is 5.01. The molecule has 0 aliphatic heterocycles. The molecule has 1 rings (SSSR count). The van der Waals surface area contributed by atoms with Crippen LogP contribution >= 0.6 is 0 Å². The van der Waals surface area contributed by atoms with Crippen LogP contribution in [0.4, 0.5) is 0 Å². The molecule has 0 aliphatic rings. The quantitative estimate of drug-likeness (QED) is 0.849. The van der Waals surface area contributed by atoms with Crippen molar-refractivity contribution in [3.63, 3.8) is 0 Å². The summed E-state index contributed by atoms with van der Waals surface area (Å²) in [4.78, 5) is 11.1. The van der Waals surface area contributed by atoms with E-state index in [1.807, 2.05) is 20.8 Å². The van der Waals surface area contributed by atoms with Gasteiger partial charge in [0.05, 0.1) is 6.10 Å². The Balaban J connectivity index is 3.07. The first kappa shape index (κ1) is 12.6. The molecule has 1 aromatic carbocycles. The van der Waals surface area contributed by atoms with E-state index in [0.29, 0.717) is 5.56 Å². The Hall–Kier alpha value is -1.51. The van der Waals surface area contributed by atoms with Gasteiger partial charge in [-0.1, -0.05) is 6.92 Å². The second-order valence-electron chi connectivity index (χ2n) is 4.14. The van der Waals surface area contributed by atoms with Gasteiger partial charge in [-0.05, 0) is 50.5 Å². The maximum absolute atomic E-state index is 11.1. The molecule has 88 valence electrons. The fourth-order valence-electron chi connectivity index (χ4n) is 1.56. The molecule has 0 aromatic heterocycles. The molecular weight excluding hydrogens is 202 g/mol. The van der Waals surface area contributed by atoms with Crippen molar-refractivity contribution in [3.05, 3.63) is 28.8 Å². The molecule has 0 bridgehead atoms. The molecule has 0 saturated heterocycles. The van der Waals surface area contributed by atoms with Gasteiger partial charge in [0.15, 0.2) is 0 Å². The van der Waals surface area contributed by atoms with Crippen molar-refractivity contribution in [2.45, 2.75) is 40.2 Å². The van der Waals surface area contributed by atoms with Crippen LogP contribution in [0.3, 0.4) is 0 Å². The van der Waals surface area contributed by atoms with Gasteiger partial charge >= 0.3 is 0 Å². The van der Waals surface area contributed by atoms with Gasteiger partial charge < -0.3 is 10.5 Å². The van der Waals surface area contributed by atoms with Gasteiger partial charge in [-0.15, -0.1) is 0 Å². The van der Waals surface area contributed by atoms with Crippen molar-refractivity contribution in [3.8, 4) is 5.75 Å². The number of benzene rings is 1. The SMILES string of the molecule is CC[C@H](C)Oc1c(C)cc(C(N)=O)cc1C. The topological polar surface area (TPSA) is 52.3 Å². The van der Waals surface area contributed by atoms with E-state index in [0.717, 1.165) is 23.3 Å². The van der Waals surface area contributed by atoms with Crippen LogP contribution in [0.2, 0.25) is 0 Å². The normalized spacial score (nSPS) is 12.2. The van der Waals surface area contributed by atoms with Crippen molar-refractivity contribution in [2.75, 3.05) is 0 Å². The van der Waals surface area contributed by atoms with E-state index in [2.05, 4.69) is 6.92 Å². The summed E-state index contributed by atoms with van der Waals surface area (Å²) in [7, 11) is 0. The van der Waals surface area contributed by atoms with E-state index in [4.69, 9.17) is 10.5 Å². The summed E-state index contributed by atoms with van der Waals surface area (Å²) < 4.78 is 5.81. The molecule has 3 heteroatoms. The van der Waals surface area contributed by atoms with Crippen molar-refractivity contribution in [2.24, 2.45) is 5.73 Å². The number of carbonyl (C=O) groups is 1. The predicted octanol–water partition coefficient (Wildman–Crippen LogP) is 2.58. The number of aryl methyl sites for hydroxylation is 2. The number of nitrogens with two attached hydrogens (primary N) is 1. The van der Waals surface area contributed by atoms with E-state index in [1.165, 1.54) is 0 Å². The number of hydrogen-bond acceptors (Lipinski definition) is 2. The number of rotatable bonds is 4. The molecule has 1 amide bonds. The Kier molecular flexibility index (Phi) is 3.93. The van der Waals surface area contributed by atoms with Crippen LogP contribution < -0.4 is 10.5 Å². The summed E-state index contributed by atoms with van der Waals surface area (Å²) in [5.41, 5.74) is 7.69. The minimum absolute atomic E-state index is 0.178. The molecule has 2 N–H and O–H groups in total. The van der Waals surface area contributed by atoms with Crippen molar-refractivity contribution >= 4 is 5.91 Å². The lowest BCUT2D eigenvalue weighted by Gasteiger charge is -2.17. The number of ether oxygens (including phenoxy) is 1. The van der Waals surface area contributed by atoms with Gasteiger partial charge in [-0.2, -0.15) is 0 Å². The molecule has 1 atom stereocenters. The van der Waals surface area contributed by atoms with E-state index in [-0.39, 0.29) is 6.10 Å². The molecule has 0 radical (unpaired) electrons. The maximum Gasteiger partial charge on any atom is 0.248 e. The number of hydrogen-bond donors (Lipinski definition) is 1. The largest absolute Gasteiger partial charge is 0.490 e.